The average molecular weight is 352 g/mol. The summed E-state index contributed by atoms with van der Waals surface area (Å²) in [5.74, 6) is 0.447. The van der Waals surface area contributed by atoms with Gasteiger partial charge in [-0.3, -0.25) is 9.69 Å². The van der Waals surface area contributed by atoms with Gasteiger partial charge in [0.05, 0.1) is 25.3 Å². The number of amides is 1. The van der Waals surface area contributed by atoms with Gasteiger partial charge in [0.2, 0.25) is 0 Å². The smallest absolute Gasteiger partial charge is 0.251 e. The number of carbonyl (C=O) groups excluding carboxylic acids is 1. The van der Waals surface area contributed by atoms with Crippen LogP contribution in [0.25, 0.3) is 11.1 Å². The summed E-state index contributed by atoms with van der Waals surface area (Å²) >= 11 is 0. The van der Waals surface area contributed by atoms with E-state index >= 15 is 0 Å². The van der Waals surface area contributed by atoms with Gasteiger partial charge in [0.15, 0.2) is 0 Å². The number of nitrogens with zero attached hydrogens (tertiary/aromatic N) is 2. The lowest BCUT2D eigenvalue weighted by Crippen LogP contribution is -2.50. The Morgan fingerprint density at radius 1 is 1.08 bits per heavy atom. The molecule has 1 aromatic heterocycles. The number of carbonyl (C=O) groups is 1. The molecule has 2 aromatic rings. The molecule has 3 heterocycles. The summed E-state index contributed by atoms with van der Waals surface area (Å²) in [4.78, 5) is 19.2. The van der Waals surface area contributed by atoms with E-state index in [0.717, 1.165) is 24.2 Å². The molecule has 0 saturated carbocycles. The van der Waals surface area contributed by atoms with Crippen LogP contribution in [0.2, 0.25) is 0 Å². The zero-order valence-electron chi connectivity index (χ0n) is 14.7. The number of benzene rings is 1. The van der Waals surface area contributed by atoms with Gasteiger partial charge in [0, 0.05) is 17.3 Å². The van der Waals surface area contributed by atoms with Crippen LogP contribution in [0.1, 0.15) is 23.2 Å². The molecule has 3 N–H and O–H groups in total. The number of nitrogen functional groups attached to an aromatic ring is 1. The van der Waals surface area contributed by atoms with E-state index in [0.29, 0.717) is 30.6 Å². The molecular formula is C20H24N4O2. The third-order valence-electron chi connectivity index (χ3n) is 5.24. The Balaban J connectivity index is 1.42. The van der Waals surface area contributed by atoms with Crippen molar-refractivity contribution in [1.82, 2.24) is 15.2 Å². The van der Waals surface area contributed by atoms with Crippen molar-refractivity contribution in [3.63, 3.8) is 0 Å². The maximum Gasteiger partial charge on any atom is 0.251 e. The minimum Gasteiger partial charge on any atom is -0.384 e. The van der Waals surface area contributed by atoms with Crippen LogP contribution in [0.3, 0.4) is 0 Å². The van der Waals surface area contributed by atoms with Crippen LogP contribution in [-0.2, 0) is 4.74 Å². The van der Waals surface area contributed by atoms with Crippen LogP contribution in [-0.4, -0.2) is 54.2 Å². The predicted molar refractivity (Wildman–Crippen MR) is 101 cm³/mol. The molecule has 0 unspecified atom stereocenters. The first kappa shape index (κ1) is 17.0. The zero-order chi connectivity index (χ0) is 17.9. The normalized spacial score (nSPS) is 23.2. The molecule has 0 aliphatic carbocycles. The summed E-state index contributed by atoms with van der Waals surface area (Å²) in [5.41, 5.74) is 8.27. The van der Waals surface area contributed by atoms with Gasteiger partial charge in [-0.15, -0.1) is 0 Å². The predicted octanol–water partition coefficient (Wildman–Crippen LogP) is 1.92. The lowest BCUT2D eigenvalue weighted by atomic mass is 10.0. The fourth-order valence-electron chi connectivity index (χ4n) is 3.76. The van der Waals surface area contributed by atoms with E-state index in [1.165, 1.54) is 12.8 Å². The second kappa shape index (κ2) is 7.43. The minimum absolute atomic E-state index is 0.0494. The highest BCUT2D eigenvalue weighted by Gasteiger charge is 2.35. The summed E-state index contributed by atoms with van der Waals surface area (Å²) in [7, 11) is 0. The van der Waals surface area contributed by atoms with Crippen molar-refractivity contribution in [2.24, 2.45) is 0 Å². The van der Waals surface area contributed by atoms with Crippen LogP contribution in [0.5, 0.6) is 0 Å². The number of anilines is 1. The van der Waals surface area contributed by atoms with Gasteiger partial charge in [-0.1, -0.05) is 12.1 Å². The van der Waals surface area contributed by atoms with Crippen molar-refractivity contribution in [3.8, 4) is 11.1 Å². The highest BCUT2D eigenvalue weighted by atomic mass is 16.5. The number of likely N-dealkylation sites (tertiary alicyclic amines) is 1. The van der Waals surface area contributed by atoms with Crippen molar-refractivity contribution in [2.75, 3.05) is 32.0 Å². The standard InChI is InChI=1S/C20H24N4O2/c21-19-8-7-16(11-22-19)14-3-5-15(6-4-14)20(25)23-17-12-26-13-18(17)24-9-1-2-10-24/h3-8,11,17-18H,1-2,9-10,12-13H2,(H2,21,22)(H,23,25)/t17-,18-/m0/s1. The average Bonchev–Trinajstić information content (AvgIpc) is 3.34. The van der Waals surface area contributed by atoms with E-state index in [4.69, 9.17) is 10.5 Å². The highest BCUT2D eigenvalue weighted by molar-refractivity contribution is 5.95. The second-order valence-electron chi connectivity index (χ2n) is 6.98. The molecule has 6 heteroatoms. The number of ether oxygens (including phenoxy) is 1. The number of aromatic nitrogens is 1. The van der Waals surface area contributed by atoms with E-state index < -0.39 is 0 Å². The van der Waals surface area contributed by atoms with Gasteiger partial charge < -0.3 is 15.8 Å². The Morgan fingerprint density at radius 2 is 1.81 bits per heavy atom. The molecule has 0 spiro atoms. The van der Waals surface area contributed by atoms with Crippen molar-refractivity contribution in [3.05, 3.63) is 48.2 Å². The van der Waals surface area contributed by atoms with Crippen molar-refractivity contribution in [2.45, 2.75) is 24.9 Å². The third-order valence-corrected chi connectivity index (χ3v) is 5.24. The fourth-order valence-corrected chi connectivity index (χ4v) is 3.76. The van der Waals surface area contributed by atoms with Crippen molar-refractivity contribution < 1.29 is 9.53 Å². The second-order valence-corrected chi connectivity index (χ2v) is 6.98. The topological polar surface area (TPSA) is 80.5 Å². The van der Waals surface area contributed by atoms with Crippen LogP contribution < -0.4 is 11.1 Å². The molecule has 26 heavy (non-hydrogen) atoms. The van der Waals surface area contributed by atoms with Crippen molar-refractivity contribution in [1.29, 1.82) is 0 Å². The quantitative estimate of drug-likeness (QED) is 0.879. The number of rotatable bonds is 4. The number of pyridine rings is 1. The van der Waals surface area contributed by atoms with E-state index in [-0.39, 0.29) is 11.9 Å². The monoisotopic (exact) mass is 352 g/mol. The van der Waals surface area contributed by atoms with E-state index in [2.05, 4.69) is 15.2 Å². The van der Waals surface area contributed by atoms with Gasteiger partial charge >= 0.3 is 0 Å². The summed E-state index contributed by atoms with van der Waals surface area (Å²) in [6.45, 7) is 3.49. The SMILES string of the molecule is Nc1ccc(-c2ccc(C(=O)N[C@H]3COC[C@@H]3N3CCCC3)cc2)cn1. The first-order chi connectivity index (χ1) is 12.7. The van der Waals surface area contributed by atoms with E-state index in [1.54, 1.807) is 12.3 Å². The number of nitrogens with two attached hydrogens (primary N) is 1. The van der Waals surface area contributed by atoms with Crippen LogP contribution in [0, 0.1) is 0 Å². The van der Waals surface area contributed by atoms with Crippen LogP contribution in [0.4, 0.5) is 5.82 Å². The highest BCUT2D eigenvalue weighted by Crippen LogP contribution is 2.21. The summed E-state index contributed by atoms with van der Waals surface area (Å²) in [5, 5.41) is 3.15. The molecule has 1 aromatic carbocycles. The Morgan fingerprint density at radius 3 is 2.50 bits per heavy atom. The maximum absolute atomic E-state index is 12.6. The molecular weight excluding hydrogens is 328 g/mol. The number of hydrogen-bond acceptors (Lipinski definition) is 5. The first-order valence-electron chi connectivity index (χ1n) is 9.15. The lowest BCUT2D eigenvalue weighted by molar-refractivity contribution is 0.0916. The third kappa shape index (κ3) is 3.57. The van der Waals surface area contributed by atoms with E-state index in [1.807, 2.05) is 30.3 Å². The molecule has 2 saturated heterocycles. The van der Waals surface area contributed by atoms with Gasteiger partial charge in [0.1, 0.15) is 5.82 Å². The molecule has 0 bridgehead atoms. The van der Waals surface area contributed by atoms with Gasteiger partial charge in [0.25, 0.3) is 5.91 Å². The summed E-state index contributed by atoms with van der Waals surface area (Å²) in [6, 6.07) is 11.6. The molecule has 2 fully saturated rings. The minimum atomic E-state index is -0.0494. The van der Waals surface area contributed by atoms with Gasteiger partial charge in [-0.05, 0) is 55.8 Å². The Bertz CT molecular complexity index is 754. The van der Waals surface area contributed by atoms with Gasteiger partial charge in [-0.25, -0.2) is 4.98 Å². The number of nitrogens with one attached hydrogen (secondary N) is 1. The molecule has 2 atom stereocenters. The van der Waals surface area contributed by atoms with E-state index in [9.17, 15) is 4.79 Å². The molecule has 4 rings (SSSR count). The molecule has 1 amide bonds. The Labute approximate surface area is 153 Å². The zero-order valence-corrected chi connectivity index (χ0v) is 14.7. The summed E-state index contributed by atoms with van der Waals surface area (Å²) < 4.78 is 5.63. The Kier molecular flexibility index (Phi) is 4.86. The molecule has 136 valence electrons. The van der Waals surface area contributed by atoms with Gasteiger partial charge in [-0.2, -0.15) is 0 Å². The fraction of sp³-hybridized carbons (Fsp3) is 0.400. The first-order valence-corrected chi connectivity index (χ1v) is 9.15. The Hall–Kier alpha value is -2.44. The molecule has 6 nitrogen and oxygen atoms in total. The summed E-state index contributed by atoms with van der Waals surface area (Å²) in [6.07, 6.45) is 4.21. The van der Waals surface area contributed by atoms with Crippen molar-refractivity contribution >= 4 is 11.7 Å². The molecule has 2 aliphatic heterocycles. The van der Waals surface area contributed by atoms with Crippen LogP contribution in [0.15, 0.2) is 42.6 Å². The maximum atomic E-state index is 12.6. The molecule has 0 radical (unpaired) electrons. The number of hydrogen-bond donors (Lipinski definition) is 2. The molecule has 2 aliphatic rings. The largest absolute Gasteiger partial charge is 0.384 e. The van der Waals surface area contributed by atoms with Crippen LogP contribution >= 0.6 is 0 Å². The lowest BCUT2D eigenvalue weighted by Gasteiger charge is -2.27.